The van der Waals surface area contributed by atoms with Gasteiger partial charge in [0.05, 0.1) is 35.2 Å². The topological polar surface area (TPSA) is 115 Å². The van der Waals surface area contributed by atoms with Gasteiger partial charge in [-0.25, -0.2) is 18.1 Å². The van der Waals surface area contributed by atoms with Crippen LogP contribution in [0.5, 0.6) is 5.75 Å². The van der Waals surface area contributed by atoms with Crippen LogP contribution in [0.15, 0.2) is 62.8 Å². The number of hydrogen-bond donors (Lipinski definition) is 1. The predicted molar refractivity (Wildman–Crippen MR) is 147 cm³/mol. The summed E-state index contributed by atoms with van der Waals surface area (Å²) in [5.74, 6) is 0.429. The van der Waals surface area contributed by atoms with Crippen molar-refractivity contribution in [3.05, 3.63) is 52.6 Å². The highest BCUT2D eigenvalue weighted by Gasteiger charge is 2.26. The standard InChI is InChI=1S/C26H29N5O5S2/c1-3-19(4-2)29-31-23(18-5-10-24-22(15-18)28-25(32)16-36-24)17-37-26(31)27-20-6-8-21(9-7-20)38(33,34)30-11-13-35-14-12-30/h5-10,15,17H,3-4,11-14,16H2,1-2H3,(H,28,32). The predicted octanol–water partition coefficient (Wildman–Crippen LogP) is 3.82. The van der Waals surface area contributed by atoms with Crippen molar-refractivity contribution in [2.75, 3.05) is 38.2 Å². The number of carbonyl (C=O) groups excluding carboxylic acids is 1. The van der Waals surface area contributed by atoms with Gasteiger partial charge < -0.3 is 14.8 Å². The van der Waals surface area contributed by atoms with Crippen molar-refractivity contribution in [3.63, 3.8) is 0 Å². The first kappa shape index (κ1) is 26.3. The summed E-state index contributed by atoms with van der Waals surface area (Å²) >= 11 is 1.43. The van der Waals surface area contributed by atoms with Gasteiger partial charge in [0.15, 0.2) is 6.61 Å². The number of nitrogens with zero attached hydrogens (tertiary/aromatic N) is 4. The number of thiazole rings is 1. The summed E-state index contributed by atoms with van der Waals surface area (Å²) < 4.78 is 40.0. The van der Waals surface area contributed by atoms with Gasteiger partial charge in [0.2, 0.25) is 14.8 Å². The average molecular weight is 556 g/mol. The second-order valence-electron chi connectivity index (χ2n) is 8.76. The first-order valence-electron chi connectivity index (χ1n) is 12.5. The summed E-state index contributed by atoms with van der Waals surface area (Å²) in [6.45, 7) is 5.61. The van der Waals surface area contributed by atoms with Gasteiger partial charge in [-0.05, 0) is 55.3 Å². The lowest BCUT2D eigenvalue weighted by Gasteiger charge is -2.26. The van der Waals surface area contributed by atoms with Crippen molar-refractivity contribution >= 4 is 44.4 Å². The number of rotatable bonds is 7. The van der Waals surface area contributed by atoms with Gasteiger partial charge in [0, 0.05) is 29.7 Å². The number of fused-ring (bicyclic) bond motifs is 1. The fourth-order valence-electron chi connectivity index (χ4n) is 4.19. The second-order valence-corrected chi connectivity index (χ2v) is 11.5. The van der Waals surface area contributed by atoms with Crippen LogP contribution in [0.3, 0.4) is 0 Å². The maximum Gasteiger partial charge on any atom is 0.262 e. The Morgan fingerprint density at radius 2 is 1.82 bits per heavy atom. The van der Waals surface area contributed by atoms with E-state index in [1.165, 1.54) is 15.6 Å². The van der Waals surface area contributed by atoms with Gasteiger partial charge in [-0.3, -0.25) is 4.79 Å². The summed E-state index contributed by atoms with van der Waals surface area (Å²) in [7, 11) is -3.58. The largest absolute Gasteiger partial charge is 0.482 e. The molecule has 12 heteroatoms. The molecule has 5 rings (SSSR count). The number of morpholine rings is 1. The minimum atomic E-state index is -3.58. The second kappa shape index (κ2) is 11.2. The third-order valence-corrected chi connectivity index (χ3v) is 9.05. The van der Waals surface area contributed by atoms with E-state index in [-0.39, 0.29) is 17.4 Å². The van der Waals surface area contributed by atoms with Crippen molar-refractivity contribution in [1.82, 2.24) is 8.98 Å². The van der Waals surface area contributed by atoms with Crippen molar-refractivity contribution in [3.8, 4) is 17.0 Å². The first-order chi connectivity index (χ1) is 18.4. The molecule has 1 aromatic heterocycles. The average Bonchev–Trinajstić information content (AvgIpc) is 3.33. The quantitative estimate of drug-likeness (QED) is 0.445. The Balaban J connectivity index is 1.53. The van der Waals surface area contributed by atoms with E-state index in [0.717, 1.165) is 29.8 Å². The molecule has 3 heterocycles. The van der Waals surface area contributed by atoms with Crippen LogP contribution in [0.4, 0.5) is 11.4 Å². The smallest absolute Gasteiger partial charge is 0.262 e. The van der Waals surface area contributed by atoms with Crippen molar-refractivity contribution in [1.29, 1.82) is 0 Å². The van der Waals surface area contributed by atoms with Crippen LogP contribution in [0, 0.1) is 0 Å². The van der Waals surface area contributed by atoms with Crippen molar-refractivity contribution < 1.29 is 22.7 Å². The number of carbonyl (C=O) groups is 1. The van der Waals surface area contributed by atoms with Crippen molar-refractivity contribution in [2.45, 2.75) is 31.6 Å². The minimum absolute atomic E-state index is 0.00101. The molecule has 2 aromatic carbocycles. The Kier molecular flexibility index (Phi) is 7.75. The molecule has 0 bridgehead atoms. The van der Waals surface area contributed by atoms with Gasteiger partial charge in [-0.1, -0.05) is 13.8 Å². The molecule has 1 N–H and O–H groups in total. The minimum Gasteiger partial charge on any atom is -0.482 e. The molecule has 200 valence electrons. The lowest BCUT2D eigenvalue weighted by molar-refractivity contribution is -0.118. The molecule has 38 heavy (non-hydrogen) atoms. The molecule has 0 spiro atoms. The summed E-state index contributed by atoms with van der Waals surface area (Å²) in [6.07, 6.45) is 1.58. The Labute approximate surface area is 225 Å². The highest BCUT2D eigenvalue weighted by atomic mass is 32.2. The number of nitrogens with one attached hydrogen (secondary N) is 1. The maximum atomic E-state index is 13.0. The number of ether oxygens (including phenoxy) is 2. The van der Waals surface area contributed by atoms with Crippen LogP contribution in [-0.4, -0.2) is 61.9 Å². The van der Waals surface area contributed by atoms with Crippen LogP contribution in [-0.2, 0) is 19.6 Å². The summed E-state index contributed by atoms with van der Waals surface area (Å²) in [5.41, 5.74) is 3.91. The molecule has 1 amide bonds. The third-order valence-electron chi connectivity index (χ3n) is 6.32. The number of hydrogen-bond acceptors (Lipinski definition) is 8. The fraction of sp³-hybridized carbons (Fsp3) is 0.346. The molecule has 0 atom stereocenters. The van der Waals surface area contributed by atoms with Gasteiger partial charge >= 0.3 is 0 Å². The molecule has 3 aromatic rings. The molecule has 2 aliphatic heterocycles. The first-order valence-corrected chi connectivity index (χ1v) is 14.8. The van der Waals surface area contributed by atoms with Crippen LogP contribution in [0.2, 0.25) is 0 Å². The number of benzene rings is 2. The summed E-state index contributed by atoms with van der Waals surface area (Å²) in [5, 5.41) is 9.71. The van der Waals surface area contributed by atoms with E-state index < -0.39 is 10.0 Å². The van der Waals surface area contributed by atoms with Gasteiger partial charge in [-0.15, -0.1) is 11.3 Å². The van der Waals surface area contributed by atoms with Crippen LogP contribution >= 0.6 is 11.3 Å². The van der Waals surface area contributed by atoms with Crippen molar-refractivity contribution in [2.24, 2.45) is 10.1 Å². The van der Waals surface area contributed by atoms with Crippen LogP contribution < -0.4 is 14.9 Å². The number of anilines is 1. The summed E-state index contributed by atoms with van der Waals surface area (Å²) in [6, 6.07) is 12.2. The molecule has 2 aliphatic rings. The molecule has 0 radical (unpaired) electrons. The zero-order valence-electron chi connectivity index (χ0n) is 21.2. The third kappa shape index (κ3) is 5.44. The summed E-state index contributed by atoms with van der Waals surface area (Å²) in [4.78, 5) is 17.5. The van der Waals surface area contributed by atoms with Gasteiger partial charge in [0.1, 0.15) is 5.75 Å². The van der Waals surface area contributed by atoms with Gasteiger partial charge in [0.25, 0.3) is 5.91 Å². The van der Waals surface area contributed by atoms with E-state index in [1.807, 2.05) is 23.6 Å². The monoisotopic (exact) mass is 555 g/mol. The zero-order valence-corrected chi connectivity index (χ0v) is 22.8. The van der Waals surface area contributed by atoms with E-state index in [0.29, 0.717) is 48.2 Å². The van der Waals surface area contributed by atoms with E-state index in [4.69, 9.17) is 19.6 Å². The SMILES string of the molecule is CCC(CC)=Nn1c(-c2ccc3c(c2)NC(=O)CO3)csc1=Nc1ccc(S(=O)(=O)N2CCOCC2)cc1. The Hall–Kier alpha value is -3.32. The molecule has 10 nitrogen and oxygen atoms in total. The molecule has 0 unspecified atom stereocenters. The maximum absolute atomic E-state index is 13.0. The van der Waals surface area contributed by atoms with Gasteiger partial charge in [-0.2, -0.15) is 9.41 Å². The lowest BCUT2D eigenvalue weighted by Crippen LogP contribution is -2.40. The highest BCUT2D eigenvalue weighted by Crippen LogP contribution is 2.33. The van der Waals surface area contributed by atoms with Crippen LogP contribution in [0.1, 0.15) is 26.7 Å². The number of aromatic nitrogens is 1. The number of sulfonamides is 1. The lowest BCUT2D eigenvalue weighted by atomic mass is 10.1. The molecule has 1 fully saturated rings. The van der Waals surface area contributed by atoms with E-state index in [9.17, 15) is 13.2 Å². The highest BCUT2D eigenvalue weighted by molar-refractivity contribution is 7.89. The molecular formula is C26H29N5O5S2. The van der Waals surface area contributed by atoms with E-state index in [2.05, 4.69) is 19.2 Å². The molecule has 0 aliphatic carbocycles. The van der Waals surface area contributed by atoms with Crippen LogP contribution in [0.25, 0.3) is 11.3 Å². The molecule has 0 saturated carbocycles. The Morgan fingerprint density at radius 3 is 2.53 bits per heavy atom. The number of amides is 1. The Bertz CT molecular complexity index is 1530. The van der Waals surface area contributed by atoms with E-state index in [1.54, 1.807) is 28.9 Å². The normalized spacial score (nSPS) is 16.5. The molecule has 1 saturated heterocycles. The Morgan fingerprint density at radius 1 is 1.08 bits per heavy atom. The fourth-order valence-corrected chi connectivity index (χ4v) is 6.44. The van der Waals surface area contributed by atoms with E-state index >= 15 is 0 Å². The molecular weight excluding hydrogens is 526 g/mol. The zero-order chi connectivity index (χ0) is 26.7.